The van der Waals surface area contributed by atoms with Crippen molar-refractivity contribution in [2.75, 3.05) is 19.7 Å². The van der Waals surface area contributed by atoms with E-state index in [0.29, 0.717) is 30.0 Å². The molecule has 0 spiro atoms. The Balaban J connectivity index is 1.35. The van der Waals surface area contributed by atoms with Gasteiger partial charge < -0.3 is 10.1 Å². The first-order chi connectivity index (χ1) is 14.9. The Hall–Kier alpha value is -3.48. The van der Waals surface area contributed by atoms with Crippen LogP contribution in [0.5, 0.6) is 0 Å². The van der Waals surface area contributed by atoms with Crippen LogP contribution in [0.1, 0.15) is 58.0 Å². The largest absolute Gasteiger partial charge is 0.456 e. The lowest BCUT2D eigenvalue weighted by Crippen LogP contribution is -2.33. The number of carbonyl (C=O) groups is 4. The minimum atomic E-state index is -0.643. The molecule has 0 aromatic heterocycles. The van der Waals surface area contributed by atoms with Crippen LogP contribution in [0.25, 0.3) is 0 Å². The molecule has 0 bridgehead atoms. The van der Waals surface area contributed by atoms with Crippen LogP contribution < -0.4 is 5.32 Å². The number of imide groups is 1. The third-order valence-corrected chi connectivity index (χ3v) is 5.16. The molecule has 3 rings (SSSR count). The molecule has 7 nitrogen and oxygen atoms in total. The fraction of sp³-hybridized carbons (Fsp3) is 0.333. The van der Waals surface area contributed by atoms with Gasteiger partial charge in [0.25, 0.3) is 17.7 Å². The average Bonchev–Trinajstić information content (AvgIpc) is 3.01. The number of rotatable bonds is 9. The third kappa shape index (κ3) is 5.57. The van der Waals surface area contributed by atoms with E-state index < -0.39 is 30.3 Å². The summed E-state index contributed by atoms with van der Waals surface area (Å²) < 4.78 is 4.96. The van der Waals surface area contributed by atoms with Crippen LogP contribution in [0.4, 0.5) is 0 Å². The normalized spacial score (nSPS) is 12.8. The maximum atomic E-state index is 12.3. The van der Waals surface area contributed by atoms with Crippen molar-refractivity contribution in [2.45, 2.75) is 32.6 Å². The van der Waals surface area contributed by atoms with E-state index in [4.69, 9.17) is 4.74 Å². The Kier molecular flexibility index (Phi) is 7.18. The van der Waals surface area contributed by atoms with Crippen LogP contribution in [-0.4, -0.2) is 48.3 Å². The molecule has 2 aromatic rings. The molecule has 0 saturated heterocycles. The molecule has 0 fully saturated rings. The van der Waals surface area contributed by atoms with E-state index in [-0.39, 0.29) is 13.0 Å². The van der Waals surface area contributed by atoms with Gasteiger partial charge in [0, 0.05) is 13.1 Å². The van der Waals surface area contributed by atoms with Crippen LogP contribution in [0.15, 0.2) is 48.5 Å². The highest BCUT2D eigenvalue weighted by molar-refractivity contribution is 6.21. The van der Waals surface area contributed by atoms with E-state index in [2.05, 4.69) is 31.3 Å². The summed E-state index contributed by atoms with van der Waals surface area (Å²) in [6.07, 6.45) is 0.513. The number of nitrogens with one attached hydrogen (secondary N) is 1. The van der Waals surface area contributed by atoms with Crippen LogP contribution in [-0.2, 0) is 20.7 Å². The summed E-state index contributed by atoms with van der Waals surface area (Å²) in [5.41, 5.74) is 3.04. The second kappa shape index (κ2) is 10.0. The fourth-order valence-electron chi connectivity index (χ4n) is 3.33. The summed E-state index contributed by atoms with van der Waals surface area (Å²) in [6.45, 7) is 4.23. The molecule has 0 unspecified atom stereocenters. The lowest BCUT2D eigenvalue weighted by atomic mass is 10.0. The Morgan fingerprint density at radius 2 is 1.58 bits per heavy atom. The standard InChI is InChI=1S/C24H26N2O5/c1-16(2)18-9-7-17(8-10-18)11-13-25-21(27)15-31-22(28)12-14-26-23(29)19-5-3-4-6-20(19)24(26)30/h3-10,16H,11-15H2,1-2H3,(H,25,27). The third-order valence-electron chi connectivity index (χ3n) is 5.16. The van der Waals surface area contributed by atoms with Crippen molar-refractivity contribution in [3.63, 3.8) is 0 Å². The summed E-state index contributed by atoms with van der Waals surface area (Å²) >= 11 is 0. The Bertz CT molecular complexity index is 947. The summed E-state index contributed by atoms with van der Waals surface area (Å²) in [7, 11) is 0. The number of fused-ring (bicyclic) bond motifs is 1. The van der Waals surface area contributed by atoms with E-state index >= 15 is 0 Å². The molecule has 1 N–H and O–H groups in total. The predicted molar refractivity (Wildman–Crippen MR) is 115 cm³/mol. The van der Waals surface area contributed by atoms with Gasteiger partial charge >= 0.3 is 5.97 Å². The number of ether oxygens (including phenoxy) is 1. The molecule has 0 aliphatic carbocycles. The molecule has 1 aliphatic heterocycles. The second-order valence-corrected chi connectivity index (χ2v) is 7.71. The molecule has 0 saturated carbocycles. The summed E-state index contributed by atoms with van der Waals surface area (Å²) in [5.74, 6) is -1.41. The first-order valence-electron chi connectivity index (χ1n) is 10.3. The van der Waals surface area contributed by atoms with E-state index in [1.54, 1.807) is 24.3 Å². The Morgan fingerprint density at radius 3 is 2.16 bits per heavy atom. The lowest BCUT2D eigenvalue weighted by molar-refractivity contribution is -0.148. The number of hydrogen-bond donors (Lipinski definition) is 1. The van der Waals surface area contributed by atoms with E-state index in [9.17, 15) is 19.2 Å². The molecule has 1 heterocycles. The SMILES string of the molecule is CC(C)c1ccc(CCNC(=O)COC(=O)CCN2C(=O)c3ccccc3C2=O)cc1. The fourth-order valence-corrected chi connectivity index (χ4v) is 3.33. The van der Waals surface area contributed by atoms with Crippen molar-refractivity contribution >= 4 is 23.7 Å². The van der Waals surface area contributed by atoms with Crippen molar-refractivity contribution in [3.8, 4) is 0 Å². The molecule has 31 heavy (non-hydrogen) atoms. The molecular formula is C24H26N2O5. The maximum absolute atomic E-state index is 12.3. The van der Waals surface area contributed by atoms with E-state index in [1.807, 2.05) is 12.1 Å². The molecule has 7 heteroatoms. The first kappa shape index (κ1) is 22.2. The van der Waals surface area contributed by atoms with Crippen LogP contribution in [0.3, 0.4) is 0 Å². The molecule has 0 atom stereocenters. The van der Waals surface area contributed by atoms with Crippen molar-refractivity contribution in [1.29, 1.82) is 0 Å². The minimum Gasteiger partial charge on any atom is -0.456 e. The smallest absolute Gasteiger partial charge is 0.308 e. The summed E-state index contributed by atoms with van der Waals surface area (Å²) in [5, 5.41) is 2.71. The van der Waals surface area contributed by atoms with Gasteiger partial charge in [0.15, 0.2) is 6.61 Å². The summed E-state index contributed by atoms with van der Waals surface area (Å²) in [6, 6.07) is 14.8. The summed E-state index contributed by atoms with van der Waals surface area (Å²) in [4.78, 5) is 49.4. The van der Waals surface area contributed by atoms with Gasteiger partial charge in [-0.05, 0) is 35.6 Å². The number of hydrogen-bond acceptors (Lipinski definition) is 5. The van der Waals surface area contributed by atoms with Gasteiger partial charge in [-0.3, -0.25) is 24.1 Å². The monoisotopic (exact) mass is 422 g/mol. The van der Waals surface area contributed by atoms with Crippen LogP contribution in [0, 0.1) is 0 Å². The van der Waals surface area contributed by atoms with Crippen LogP contribution in [0.2, 0.25) is 0 Å². The van der Waals surface area contributed by atoms with Crippen molar-refractivity contribution < 1.29 is 23.9 Å². The van der Waals surface area contributed by atoms with Gasteiger partial charge in [0.05, 0.1) is 17.5 Å². The highest BCUT2D eigenvalue weighted by Gasteiger charge is 2.35. The maximum Gasteiger partial charge on any atom is 0.308 e. The predicted octanol–water partition coefficient (Wildman–Crippen LogP) is 2.70. The van der Waals surface area contributed by atoms with Gasteiger partial charge in [-0.1, -0.05) is 50.2 Å². The topological polar surface area (TPSA) is 92.8 Å². The van der Waals surface area contributed by atoms with Crippen molar-refractivity contribution in [3.05, 3.63) is 70.8 Å². The number of benzene rings is 2. The molecule has 2 aromatic carbocycles. The van der Waals surface area contributed by atoms with E-state index in [1.165, 1.54) is 5.56 Å². The zero-order chi connectivity index (χ0) is 22.4. The van der Waals surface area contributed by atoms with Gasteiger partial charge in [-0.15, -0.1) is 0 Å². The second-order valence-electron chi connectivity index (χ2n) is 7.71. The Morgan fingerprint density at radius 1 is 0.968 bits per heavy atom. The number of esters is 1. The molecule has 162 valence electrons. The van der Waals surface area contributed by atoms with Gasteiger partial charge in [0.2, 0.25) is 0 Å². The highest BCUT2D eigenvalue weighted by atomic mass is 16.5. The van der Waals surface area contributed by atoms with E-state index in [0.717, 1.165) is 10.5 Å². The van der Waals surface area contributed by atoms with Crippen molar-refractivity contribution in [2.24, 2.45) is 0 Å². The average molecular weight is 422 g/mol. The number of nitrogens with zero attached hydrogens (tertiary/aromatic N) is 1. The minimum absolute atomic E-state index is 0.0842. The van der Waals surface area contributed by atoms with Crippen molar-refractivity contribution in [1.82, 2.24) is 10.2 Å². The zero-order valence-corrected chi connectivity index (χ0v) is 17.7. The van der Waals surface area contributed by atoms with Gasteiger partial charge in [-0.25, -0.2) is 0 Å². The molecular weight excluding hydrogens is 396 g/mol. The number of amides is 3. The molecule has 0 radical (unpaired) electrons. The highest BCUT2D eigenvalue weighted by Crippen LogP contribution is 2.22. The number of carbonyl (C=O) groups excluding carboxylic acids is 4. The molecule has 3 amide bonds. The van der Waals surface area contributed by atoms with Gasteiger partial charge in [0.1, 0.15) is 0 Å². The lowest BCUT2D eigenvalue weighted by Gasteiger charge is -2.13. The van der Waals surface area contributed by atoms with Gasteiger partial charge in [-0.2, -0.15) is 0 Å². The quantitative estimate of drug-likeness (QED) is 0.495. The van der Waals surface area contributed by atoms with Crippen LogP contribution >= 0.6 is 0 Å². The zero-order valence-electron chi connectivity index (χ0n) is 17.7. The molecule has 1 aliphatic rings. The first-order valence-corrected chi connectivity index (χ1v) is 10.3. The Labute approximate surface area is 181 Å².